The van der Waals surface area contributed by atoms with E-state index in [-0.39, 0.29) is 11.5 Å². The number of nitro benzene ring substituents is 1. The number of carbonyl (C=O) groups excluding carboxylic acids is 1. The first-order chi connectivity index (χ1) is 8.06. The molecule has 17 heavy (non-hydrogen) atoms. The molecule has 0 fully saturated rings. The number of rotatable bonds is 4. The van der Waals surface area contributed by atoms with Crippen molar-refractivity contribution in [1.29, 1.82) is 0 Å². The van der Waals surface area contributed by atoms with Crippen molar-refractivity contribution in [3.8, 4) is 0 Å². The molecule has 0 unspecified atom stereocenters. The summed E-state index contributed by atoms with van der Waals surface area (Å²) in [5.41, 5.74) is 1.27. The number of aromatic nitrogens is 2. The van der Waals surface area contributed by atoms with E-state index in [1.807, 2.05) is 0 Å². The van der Waals surface area contributed by atoms with Gasteiger partial charge >= 0.3 is 0 Å². The average Bonchev–Trinajstić information content (AvgIpc) is 2.67. The minimum atomic E-state index is -0.456. The minimum Gasteiger partial charge on any atom is -0.333 e. The molecule has 0 aliphatic carbocycles. The van der Waals surface area contributed by atoms with Gasteiger partial charge in [0, 0.05) is 12.1 Å². The molecule has 0 amide bonds. The number of imidazole rings is 1. The highest BCUT2D eigenvalue weighted by Crippen LogP contribution is 2.22. The highest BCUT2D eigenvalue weighted by molar-refractivity contribution is 7.99. The molecule has 2 aromatic rings. The molecule has 0 atom stereocenters. The fourth-order valence-electron chi connectivity index (χ4n) is 1.33. The zero-order valence-corrected chi connectivity index (χ0v) is 9.78. The number of aromatic amines is 1. The summed E-state index contributed by atoms with van der Waals surface area (Å²) >= 11 is 1.28. The van der Waals surface area contributed by atoms with Gasteiger partial charge in [0.05, 0.1) is 21.7 Å². The number of benzene rings is 1. The Kier molecular flexibility index (Phi) is 3.10. The van der Waals surface area contributed by atoms with Crippen molar-refractivity contribution in [3.05, 3.63) is 28.3 Å². The predicted molar refractivity (Wildman–Crippen MR) is 64.2 cm³/mol. The van der Waals surface area contributed by atoms with E-state index in [1.54, 1.807) is 6.07 Å². The third-order valence-electron chi connectivity index (χ3n) is 2.07. The number of nitrogens with zero attached hydrogens (tertiary/aromatic N) is 2. The van der Waals surface area contributed by atoms with Crippen molar-refractivity contribution in [1.82, 2.24) is 9.97 Å². The first kappa shape index (κ1) is 11.6. The maximum absolute atomic E-state index is 10.8. The lowest BCUT2D eigenvalue weighted by Gasteiger charge is -1.90. The van der Waals surface area contributed by atoms with Crippen LogP contribution in [0, 0.1) is 10.1 Å². The Balaban J connectivity index is 2.30. The molecule has 88 valence electrons. The van der Waals surface area contributed by atoms with E-state index >= 15 is 0 Å². The number of hydrogen-bond donors (Lipinski definition) is 1. The van der Waals surface area contributed by atoms with Crippen LogP contribution in [-0.2, 0) is 4.79 Å². The molecule has 7 heteroatoms. The SMILES string of the molecule is CC(=O)CSc1nc2ccc([N+](=O)[O-])cc2[nH]1. The summed E-state index contributed by atoms with van der Waals surface area (Å²) in [6.45, 7) is 1.50. The monoisotopic (exact) mass is 251 g/mol. The molecule has 0 bridgehead atoms. The predicted octanol–water partition coefficient (Wildman–Crippen LogP) is 2.15. The summed E-state index contributed by atoms with van der Waals surface area (Å²) < 4.78 is 0. The molecule has 1 aromatic heterocycles. The zero-order chi connectivity index (χ0) is 12.4. The number of thioether (sulfide) groups is 1. The minimum absolute atomic E-state index is 0.0178. The molecule has 1 heterocycles. The third kappa shape index (κ3) is 2.62. The van der Waals surface area contributed by atoms with Crippen LogP contribution >= 0.6 is 11.8 Å². The summed E-state index contributed by atoms with van der Waals surface area (Å²) in [6.07, 6.45) is 0. The first-order valence-corrected chi connectivity index (χ1v) is 5.81. The quantitative estimate of drug-likeness (QED) is 0.511. The summed E-state index contributed by atoms with van der Waals surface area (Å²) in [5.74, 6) is 0.392. The van der Waals surface area contributed by atoms with Crippen molar-refractivity contribution in [2.24, 2.45) is 0 Å². The summed E-state index contributed by atoms with van der Waals surface area (Å²) in [6, 6.07) is 4.42. The van der Waals surface area contributed by atoms with E-state index in [0.717, 1.165) is 0 Å². The zero-order valence-electron chi connectivity index (χ0n) is 8.97. The molecule has 1 N–H and O–H groups in total. The Morgan fingerprint density at radius 2 is 2.35 bits per heavy atom. The number of hydrogen-bond acceptors (Lipinski definition) is 5. The molecular weight excluding hydrogens is 242 g/mol. The van der Waals surface area contributed by atoms with Crippen LogP contribution in [-0.4, -0.2) is 26.4 Å². The molecule has 0 radical (unpaired) electrons. The lowest BCUT2D eigenvalue weighted by molar-refractivity contribution is -0.384. The molecule has 0 saturated heterocycles. The second-order valence-corrected chi connectivity index (χ2v) is 4.46. The van der Waals surface area contributed by atoms with Crippen LogP contribution in [0.4, 0.5) is 5.69 Å². The molecule has 0 aliphatic heterocycles. The summed E-state index contributed by atoms with van der Waals surface area (Å²) in [7, 11) is 0. The molecule has 6 nitrogen and oxygen atoms in total. The number of ketones is 1. The van der Waals surface area contributed by atoms with Gasteiger partial charge in [0.25, 0.3) is 5.69 Å². The number of fused-ring (bicyclic) bond motifs is 1. The number of nitro groups is 1. The lowest BCUT2D eigenvalue weighted by atomic mass is 10.3. The van der Waals surface area contributed by atoms with Gasteiger partial charge in [-0.3, -0.25) is 14.9 Å². The van der Waals surface area contributed by atoms with Crippen LogP contribution < -0.4 is 0 Å². The van der Waals surface area contributed by atoms with Gasteiger partial charge in [0.1, 0.15) is 5.78 Å². The number of non-ortho nitro benzene ring substituents is 1. The van der Waals surface area contributed by atoms with Gasteiger partial charge in [-0.25, -0.2) is 4.98 Å². The average molecular weight is 251 g/mol. The van der Waals surface area contributed by atoms with Gasteiger partial charge in [0.15, 0.2) is 5.16 Å². The molecule has 2 rings (SSSR count). The van der Waals surface area contributed by atoms with E-state index in [2.05, 4.69) is 9.97 Å². The summed E-state index contributed by atoms with van der Waals surface area (Å²) in [4.78, 5) is 28.1. The first-order valence-electron chi connectivity index (χ1n) is 4.82. The van der Waals surface area contributed by atoms with Gasteiger partial charge < -0.3 is 4.98 Å². The van der Waals surface area contributed by atoms with Crippen molar-refractivity contribution in [3.63, 3.8) is 0 Å². The largest absolute Gasteiger partial charge is 0.333 e. The molecule has 1 aromatic carbocycles. The van der Waals surface area contributed by atoms with Gasteiger partial charge in [0.2, 0.25) is 0 Å². The van der Waals surface area contributed by atoms with E-state index in [0.29, 0.717) is 21.9 Å². The number of nitrogens with one attached hydrogen (secondary N) is 1. The molecule has 0 spiro atoms. The highest BCUT2D eigenvalue weighted by atomic mass is 32.2. The van der Waals surface area contributed by atoms with Gasteiger partial charge in [-0.15, -0.1) is 0 Å². The smallest absolute Gasteiger partial charge is 0.271 e. The van der Waals surface area contributed by atoms with Crippen LogP contribution in [0.25, 0.3) is 11.0 Å². The van der Waals surface area contributed by atoms with Gasteiger partial charge in [-0.05, 0) is 13.0 Å². The Morgan fingerprint density at radius 1 is 1.59 bits per heavy atom. The second-order valence-electron chi connectivity index (χ2n) is 3.49. The fraction of sp³-hybridized carbons (Fsp3) is 0.200. The van der Waals surface area contributed by atoms with Crippen molar-refractivity contribution in [2.75, 3.05) is 5.75 Å². The van der Waals surface area contributed by atoms with E-state index in [9.17, 15) is 14.9 Å². The maximum atomic E-state index is 10.8. The highest BCUT2D eigenvalue weighted by Gasteiger charge is 2.10. The Hall–Kier alpha value is -1.89. The van der Waals surface area contributed by atoms with Crippen LogP contribution in [0.15, 0.2) is 23.4 Å². The number of carbonyl (C=O) groups is 1. The maximum Gasteiger partial charge on any atom is 0.271 e. The van der Waals surface area contributed by atoms with Crippen LogP contribution in [0.5, 0.6) is 0 Å². The Bertz CT molecular complexity index is 593. The summed E-state index contributed by atoms with van der Waals surface area (Å²) in [5, 5.41) is 11.2. The van der Waals surface area contributed by atoms with Crippen molar-refractivity contribution in [2.45, 2.75) is 12.1 Å². The normalized spacial score (nSPS) is 10.6. The van der Waals surface area contributed by atoms with Crippen LogP contribution in [0.2, 0.25) is 0 Å². The second kappa shape index (κ2) is 4.54. The number of H-pyrrole nitrogens is 1. The molecule has 0 saturated carbocycles. The van der Waals surface area contributed by atoms with Gasteiger partial charge in [-0.2, -0.15) is 0 Å². The third-order valence-corrected chi connectivity index (χ3v) is 3.08. The van der Waals surface area contributed by atoms with E-state index in [4.69, 9.17) is 0 Å². The van der Waals surface area contributed by atoms with Crippen LogP contribution in [0.1, 0.15) is 6.92 Å². The van der Waals surface area contributed by atoms with Crippen molar-refractivity contribution < 1.29 is 9.72 Å². The standard InChI is InChI=1S/C10H9N3O3S/c1-6(14)5-17-10-11-8-3-2-7(13(15)16)4-9(8)12-10/h2-4H,5H2,1H3,(H,11,12). The molecular formula is C10H9N3O3S. The molecule has 0 aliphatic rings. The lowest BCUT2D eigenvalue weighted by Crippen LogP contribution is -1.93. The number of Topliss-reactive ketones (excluding diaryl/α,β-unsaturated/α-hetero) is 1. The topological polar surface area (TPSA) is 88.9 Å². The fourth-order valence-corrected chi connectivity index (χ4v) is 2.01. The van der Waals surface area contributed by atoms with E-state index < -0.39 is 4.92 Å². The van der Waals surface area contributed by atoms with Crippen molar-refractivity contribution >= 4 is 34.3 Å². The van der Waals surface area contributed by atoms with Gasteiger partial charge in [-0.1, -0.05) is 11.8 Å². The Morgan fingerprint density at radius 3 is 3.00 bits per heavy atom. The Labute approximate surface area is 101 Å². The van der Waals surface area contributed by atoms with Crippen LogP contribution in [0.3, 0.4) is 0 Å². The van der Waals surface area contributed by atoms with E-state index in [1.165, 1.54) is 30.8 Å².